The zero-order chi connectivity index (χ0) is 15.5. The summed E-state index contributed by atoms with van der Waals surface area (Å²) < 4.78 is 0. The first-order valence-corrected chi connectivity index (χ1v) is 8.70. The molecule has 2 atom stereocenters. The smallest absolute Gasteiger partial charge is 0.0309 e. The third-order valence-corrected chi connectivity index (χ3v) is 5.03. The normalized spacial score (nSPS) is 23.9. The quantitative estimate of drug-likeness (QED) is 0.470. The van der Waals surface area contributed by atoms with E-state index in [9.17, 15) is 0 Å². The molecule has 0 saturated heterocycles. The van der Waals surface area contributed by atoms with Crippen LogP contribution in [-0.4, -0.2) is 0 Å². The van der Waals surface area contributed by atoms with Crippen molar-refractivity contribution < 1.29 is 0 Å². The monoisotopic (exact) mass is 298 g/mol. The van der Waals surface area contributed by atoms with Crippen molar-refractivity contribution in [3.05, 3.63) is 95.2 Å². The lowest BCUT2D eigenvalue weighted by Crippen LogP contribution is -1.85. The second-order valence-corrected chi connectivity index (χ2v) is 6.53. The number of rotatable bonds is 2. The highest BCUT2D eigenvalue weighted by molar-refractivity contribution is 5.80. The molecule has 0 nitrogen and oxygen atoms in total. The van der Waals surface area contributed by atoms with Crippen LogP contribution in [0.4, 0.5) is 0 Å². The van der Waals surface area contributed by atoms with Crippen LogP contribution in [0.15, 0.2) is 84.1 Å². The summed E-state index contributed by atoms with van der Waals surface area (Å²) >= 11 is 0. The van der Waals surface area contributed by atoms with E-state index in [1.54, 1.807) is 5.57 Å². The fourth-order valence-corrected chi connectivity index (χ4v) is 3.73. The molecule has 2 aromatic carbocycles. The predicted octanol–water partition coefficient (Wildman–Crippen LogP) is 6.02. The minimum Gasteiger partial charge on any atom is -0.112 e. The third kappa shape index (κ3) is 3.09. The van der Waals surface area contributed by atoms with Gasteiger partial charge >= 0.3 is 0 Å². The van der Waals surface area contributed by atoms with Gasteiger partial charge in [0, 0.05) is 5.57 Å². The van der Waals surface area contributed by atoms with Gasteiger partial charge in [-0.05, 0) is 54.2 Å². The summed E-state index contributed by atoms with van der Waals surface area (Å²) in [5.41, 5.74) is 9.16. The van der Waals surface area contributed by atoms with E-state index in [1.165, 1.54) is 42.4 Å². The third-order valence-electron chi connectivity index (χ3n) is 5.03. The Kier molecular flexibility index (Phi) is 4.01. The van der Waals surface area contributed by atoms with Crippen LogP contribution in [-0.2, 0) is 0 Å². The van der Waals surface area contributed by atoms with E-state index in [1.807, 2.05) is 0 Å². The Morgan fingerprint density at radius 1 is 0.696 bits per heavy atom. The molecule has 0 bridgehead atoms. The molecule has 0 amide bonds. The van der Waals surface area contributed by atoms with Gasteiger partial charge in [0.2, 0.25) is 0 Å². The Morgan fingerprint density at radius 2 is 1.17 bits per heavy atom. The van der Waals surface area contributed by atoms with Gasteiger partial charge < -0.3 is 0 Å². The zero-order valence-electron chi connectivity index (χ0n) is 13.4. The molecule has 23 heavy (non-hydrogen) atoms. The van der Waals surface area contributed by atoms with E-state index >= 15 is 0 Å². The first-order valence-electron chi connectivity index (χ1n) is 8.70. The van der Waals surface area contributed by atoms with Crippen molar-refractivity contribution in [3.63, 3.8) is 0 Å². The van der Waals surface area contributed by atoms with Crippen LogP contribution >= 0.6 is 0 Å². The van der Waals surface area contributed by atoms with Crippen LogP contribution in [0.2, 0.25) is 0 Å². The van der Waals surface area contributed by atoms with Gasteiger partial charge in [0.15, 0.2) is 0 Å². The van der Waals surface area contributed by atoms with Gasteiger partial charge in [-0.2, -0.15) is 0 Å². The number of allylic oxidation sites excluding steroid dienone is 3. The molecule has 0 unspecified atom stereocenters. The molecule has 2 aliphatic rings. The maximum atomic E-state index is 3.83. The van der Waals surface area contributed by atoms with E-state index in [2.05, 4.69) is 78.5 Å². The lowest BCUT2D eigenvalue weighted by Gasteiger charge is -2.05. The lowest BCUT2D eigenvalue weighted by atomic mass is 9.98. The highest BCUT2D eigenvalue weighted by atomic mass is 14.5. The van der Waals surface area contributed by atoms with E-state index in [0.717, 1.165) is 11.8 Å². The number of hydrogen-bond donors (Lipinski definition) is 0. The van der Waals surface area contributed by atoms with Crippen LogP contribution in [0.1, 0.15) is 36.8 Å². The molecule has 0 radical (unpaired) electrons. The maximum Gasteiger partial charge on any atom is 0.0309 e. The molecule has 2 aliphatic carbocycles. The van der Waals surface area contributed by atoms with Gasteiger partial charge in [-0.1, -0.05) is 72.8 Å². The van der Waals surface area contributed by atoms with Crippen LogP contribution in [0.25, 0.3) is 5.57 Å². The van der Waals surface area contributed by atoms with E-state index < -0.39 is 0 Å². The van der Waals surface area contributed by atoms with Crippen molar-refractivity contribution in [2.75, 3.05) is 0 Å². The minimum absolute atomic E-state index is 0.766. The number of fused-ring (bicyclic) bond motifs is 1. The Morgan fingerprint density at radius 3 is 1.65 bits per heavy atom. The van der Waals surface area contributed by atoms with E-state index in [4.69, 9.17) is 0 Å². The molecule has 0 aromatic heterocycles. The maximum absolute atomic E-state index is 3.83. The highest BCUT2D eigenvalue weighted by Gasteiger charge is 2.42. The summed E-state index contributed by atoms with van der Waals surface area (Å²) in [5, 5.41) is 0. The average Bonchev–Trinajstić information content (AvgIpc) is 3.23. The fourth-order valence-electron chi connectivity index (χ4n) is 3.73. The minimum atomic E-state index is 0.766. The molecule has 1 saturated carbocycles. The van der Waals surface area contributed by atoms with Crippen molar-refractivity contribution in [2.24, 2.45) is 11.8 Å². The largest absolute Gasteiger partial charge is 0.112 e. The van der Waals surface area contributed by atoms with Gasteiger partial charge in [0.25, 0.3) is 0 Å². The average molecular weight is 298 g/mol. The Balaban J connectivity index is 1.79. The molecule has 4 rings (SSSR count). The second kappa shape index (κ2) is 6.44. The topological polar surface area (TPSA) is 0 Å². The summed E-state index contributed by atoms with van der Waals surface area (Å²) in [6, 6.07) is 21.4. The van der Waals surface area contributed by atoms with Crippen molar-refractivity contribution in [3.8, 4) is 0 Å². The Labute approximate surface area is 138 Å². The zero-order valence-corrected chi connectivity index (χ0v) is 13.4. The number of hydrogen-bond acceptors (Lipinski definition) is 0. The van der Waals surface area contributed by atoms with Crippen LogP contribution < -0.4 is 0 Å². The molecule has 2 aromatic rings. The highest BCUT2D eigenvalue weighted by Crippen LogP contribution is 2.52. The number of benzene rings is 2. The molecule has 0 aliphatic heterocycles. The van der Waals surface area contributed by atoms with E-state index in [-0.39, 0.29) is 0 Å². The van der Waals surface area contributed by atoms with Crippen molar-refractivity contribution >= 4 is 5.57 Å². The van der Waals surface area contributed by atoms with Gasteiger partial charge in [-0.15, -0.1) is 5.73 Å². The second-order valence-electron chi connectivity index (χ2n) is 6.53. The van der Waals surface area contributed by atoms with Gasteiger partial charge in [-0.3, -0.25) is 0 Å². The van der Waals surface area contributed by atoms with Crippen LogP contribution in [0, 0.1) is 11.8 Å². The predicted molar refractivity (Wildman–Crippen MR) is 97.0 cm³/mol. The van der Waals surface area contributed by atoms with Crippen molar-refractivity contribution in [1.29, 1.82) is 0 Å². The van der Waals surface area contributed by atoms with Gasteiger partial charge in [0.1, 0.15) is 0 Å². The van der Waals surface area contributed by atoms with E-state index in [0.29, 0.717) is 0 Å². The summed E-state index contributed by atoms with van der Waals surface area (Å²) in [6.45, 7) is 0. The lowest BCUT2D eigenvalue weighted by molar-refractivity contribution is 0.605. The molecule has 1 fully saturated rings. The first kappa shape index (κ1) is 14.3. The summed E-state index contributed by atoms with van der Waals surface area (Å²) in [4.78, 5) is 0. The molecular weight excluding hydrogens is 276 g/mol. The van der Waals surface area contributed by atoms with Gasteiger partial charge in [0.05, 0.1) is 0 Å². The molecule has 114 valence electrons. The summed E-state index contributed by atoms with van der Waals surface area (Å²) in [6.07, 6.45) is 9.73. The summed E-state index contributed by atoms with van der Waals surface area (Å²) in [7, 11) is 0. The molecular formula is C23H22. The SMILES string of the molecule is C(=C(c1ccccc1)c1ccccc1)=C1[C@H]2CC/C=C\CC[C@@H]12. The fraction of sp³-hybridized carbons (Fsp3) is 0.261. The van der Waals surface area contributed by atoms with Crippen molar-refractivity contribution in [2.45, 2.75) is 25.7 Å². The molecule has 0 N–H and O–H groups in total. The van der Waals surface area contributed by atoms with Crippen molar-refractivity contribution in [1.82, 2.24) is 0 Å². The Bertz CT molecular complexity index is 699. The van der Waals surface area contributed by atoms with Crippen LogP contribution in [0.5, 0.6) is 0 Å². The van der Waals surface area contributed by atoms with Gasteiger partial charge in [-0.25, -0.2) is 0 Å². The Hall–Kier alpha value is -2.30. The molecule has 0 heteroatoms. The summed E-state index contributed by atoms with van der Waals surface area (Å²) in [5.74, 6) is 1.53. The molecule has 0 spiro atoms. The first-order chi connectivity index (χ1) is 11.4. The standard InChI is InChI=1S/C23H22/c1-2-10-16-21-20(15-9-1)23(21)17-22(18-11-5-3-6-12-18)19-13-7-4-8-14-19/h1-8,11-14,20-21H,9-10,15-16H2/b2-1-/t20-,21+. The van der Waals surface area contributed by atoms with Crippen LogP contribution in [0.3, 0.4) is 0 Å². The molecule has 0 heterocycles.